The summed E-state index contributed by atoms with van der Waals surface area (Å²) in [6.45, 7) is 2.47. The summed E-state index contributed by atoms with van der Waals surface area (Å²) in [5.74, 6) is -0.656. The lowest BCUT2D eigenvalue weighted by molar-refractivity contribution is 0.104. The molecule has 0 unspecified atom stereocenters. The number of halogens is 2. The Morgan fingerprint density at radius 3 is 2.62 bits per heavy atom. The molecule has 2 aromatic rings. The lowest BCUT2D eigenvalue weighted by atomic mass is 10.1. The molecule has 1 heterocycles. The molecule has 0 amide bonds. The van der Waals surface area contributed by atoms with Crippen LogP contribution in [0.1, 0.15) is 15.9 Å². The molecule has 1 aliphatic heterocycles. The Hall–Kier alpha value is -2.17. The van der Waals surface area contributed by atoms with Crippen molar-refractivity contribution in [1.29, 1.82) is 0 Å². The van der Waals surface area contributed by atoms with Crippen LogP contribution in [-0.2, 0) is 4.74 Å². The average molecular weight is 346 g/mol. The maximum Gasteiger partial charge on any atom is 0.185 e. The minimum atomic E-state index is -0.395. The van der Waals surface area contributed by atoms with Gasteiger partial charge < -0.3 is 9.64 Å². The summed E-state index contributed by atoms with van der Waals surface area (Å²) in [4.78, 5) is 14.2. The van der Waals surface area contributed by atoms with Gasteiger partial charge in [0, 0.05) is 23.7 Å². The van der Waals surface area contributed by atoms with Crippen LogP contribution >= 0.6 is 11.6 Å². The van der Waals surface area contributed by atoms with Crippen LogP contribution in [0.4, 0.5) is 10.1 Å². The average Bonchev–Trinajstić information content (AvgIpc) is 2.61. The highest BCUT2D eigenvalue weighted by molar-refractivity contribution is 6.32. The van der Waals surface area contributed by atoms with Crippen LogP contribution in [0.25, 0.3) is 6.08 Å². The molecule has 2 aromatic carbocycles. The molecular formula is C19H17ClFNO2. The predicted molar refractivity (Wildman–Crippen MR) is 94.2 cm³/mol. The Kier molecular flexibility index (Phi) is 5.28. The first kappa shape index (κ1) is 16.7. The number of hydrogen-bond donors (Lipinski definition) is 0. The summed E-state index contributed by atoms with van der Waals surface area (Å²) < 4.78 is 19.6. The molecule has 0 N–H and O–H groups in total. The van der Waals surface area contributed by atoms with Gasteiger partial charge >= 0.3 is 0 Å². The van der Waals surface area contributed by atoms with Crippen LogP contribution in [0.5, 0.6) is 0 Å². The Balaban J connectivity index is 1.76. The van der Waals surface area contributed by atoms with Crippen molar-refractivity contribution in [2.24, 2.45) is 0 Å². The molecular weight excluding hydrogens is 329 g/mol. The molecule has 0 radical (unpaired) electrons. The molecule has 0 spiro atoms. The standard InChI is InChI=1S/C19H17ClFNO2/c20-16-4-2-1-3-14(16)6-8-19(23)15-5-7-18(17(21)13-15)22-9-11-24-12-10-22/h1-8,13H,9-12H2/b8-6+. The summed E-state index contributed by atoms with van der Waals surface area (Å²) >= 11 is 6.05. The van der Waals surface area contributed by atoms with Crippen molar-refractivity contribution in [1.82, 2.24) is 0 Å². The minimum Gasteiger partial charge on any atom is -0.378 e. The summed E-state index contributed by atoms with van der Waals surface area (Å²) in [5, 5.41) is 0.565. The first-order chi connectivity index (χ1) is 11.6. The summed E-state index contributed by atoms with van der Waals surface area (Å²) in [6.07, 6.45) is 3.04. The smallest absolute Gasteiger partial charge is 0.185 e. The van der Waals surface area contributed by atoms with Gasteiger partial charge in [0.15, 0.2) is 5.78 Å². The van der Waals surface area contributed by atoms with Crippen molar-refractivity contribution >= 4 is 29.1 Å². The second-order valence-electron chi connectivity index (χ2n) is 5.48. The van der Waals surface area contributed by atoms with Gasteiger partial charge in [-0.1, -0.05) is 29.8 Å². The van der Waals surface area contributed by atoms with Crippen LogP contribution in [0.2, 0.25) is 5.02 Å². The fraction of sp³-hybridized carbons (Fsp3) is 0.211. The van der Waals surface area contributed by atoms with Crippen molar-refractivity contribution in [3.8, 4) is 0 Å². The van der Waals surface area contributed by atoms with Gasteiger partial charge in [-0.05, 0) is 42.0 Å². The quantitative estimate of drug-likeness (QED) is 0.614. The van der Waals surface area contributed by atoms with Gasteiger partial charge in [0.25, 0.3) is 0 Å². The topological polar surface area (TPSA) is 29.5 Å². The summed E-state index contributed by atoms with van der Waals surface area (Å²) in [5.41, 5.74) is 1.57. The first-order valence-electron chi connectivity index (χ1n) is 7.74. The maximum atomic E-state index is 14.3. The summed E-state index contributed by atoms with van der Waals surface area (Å²) in [7, 11) is 0. The number of nitrogens with zero attached hydrogens (tertiary/aromatic N) is 1. The number of rotatable bonds is 4. The molecule has 1 aliphatic rings. The van der Waals surface area contributed by atoms with Crippen LogP contribution in [-0.4, -0.2) is 32.1 Å². The van der Waals surface area contributed by atoms with E-state index in [9.17, 15) is 9.18 Å². The molecule has 3 rings (SSSR count). The molecule has 0 bridgehead atoms. The molecule has 1 fully saturated rings. The lowest BCUT2D eigenvalue weighted by Crippen LogP contribution is -2.36. The van der Waals surface area contributed by atoms with Crippen molar-refractivity contribution < 1.29 is 13.9 Å². The number of ketones is 1. The van der Waals surface area contributed by atoms with Crippen LogP contribution < -0.4 is 4.90 Å². The zero-order valence-corrected chi connectivity index (χ0v) is 13.8. The van der Waals surface area contributed by atoms with E-state index in [2.05, 4.69) is 0 Å². The van der Waals surface area contributed by atoms with E-state index >= 15 is 0 Å². The number of carbonyl (C=O) groups is 1. The van der Waals surface area contributed by atoms with Crippen molar-refractivity contribution in [3.05, 3.63) is 70.5 Å². The zero-order valence-electron chi connectivity index (χ0n) is 13.0. The highest BCUT2D eigenvalue weighted by atomic mass is 35.5. The fourth-order valence-corrected chi connectivity index (χ4v) is 2.79. The van der Waals surface area contributed by atoms with Crippen LogP contribution in [0.3, 0.4) is 0 Å². The van der Waals surface area contributed by atoms with Crippen molar-refractivity contribution in [3.63, 3.8) is 0 Å². The zero-order chi connectivity index (χ0) is 16.9. The molecule has 5 heteroatoms. The molecule has 1 saturated heterocycles. The molecule has 0 aromatic heterocycles. The van der Waals surface area contributed by atoms with E-state index in [1.165, 1.54) is 12.1 Å². The number of ether oxygens (including phenoxy) is 1. The lowest BCUT2D eigenvalue weighted by Gasteiger charge is -2.29. The second kappa shape index (κ2) is 7.60. The minimum absolute atomic E-state index is 0.262. The highest BCUT2D eigenvalue weighted by Crippen LogP contribution is 2.22. The van der Waals surface area contributed by atoms with E-state index < -0.39 is 5.82 Å². The molecule has 0 aliphatic carbocycles. The SMILES string of the molecule is O=C(/C=C/c1ccccc1Cl)c1ccc(N2CCOCC2)c(F)c1. The third-order valence-electron chi connectivity index (χ3n) is 3.90. The van der Waals surface area contributed by atoms with Gasteiger partial charge in [-0.25, -0.2) is 4.39 Å². The predicted octanol–water partition coefficient (Wildman–Crippen LogP) is 4.21. The number of carbonyl (C=O) groups excluding carboxylic acids is 1. The number of allylic oxidation sites excluding steroid dienone is 1. The Morgan fingerprint density at radius 2 is 1.92 bits per heavy atom. The van der Waals surface area contributed by atoms with E-state index in [0.717, 1.165) is 5.56 Å². The Labute approximate surface area is 145 Å². The Morgan fingerprint density at radius 1 is 1.17 bits per heavy atom. The summed E-state index contributed by atoms with van der Waals surface area (Å²) in [6, 6.07) is 11.8. The van der Waals surface area contributed by atoms with E-state index in [1.807, 2.05) is 23.1 Å². The van der Waals surface area contributed by atoms with Crippen LogP contribution in [0.15, 0.2) is 48.5 Å². The molecule has 24 heavy (non-hydrogen) atoms. The van der Waals surface area contributed by atoms with Crippen molar-refractivity contribution in [2.75, 3.05) is 31.2 Å². The number of hydrogen-bond acceptors (Lipinski definition) is 3. The number of morpholine rings is 1. The third kappa shape index (κ3) is 3.83. The Bertz CT molecular complexity index is 770. The van der Waals surface area contributed by atoms with Crippen LogP contribution in [0, 0.1) is 5.82 Å². The van der Waals surface area contributed by atoms with E-state index in [4.69, 9.17) is 16.3 Å². The van der Waals surface area contributed by atoms with Gasteiger partial charge in [-0.3, -0.25) is 4.79 Å². The molecule has 0 saturated carbocycles. The van der Waals surface area contributed by atoms with Gasteiger partial charge in [0.05, 0.1) is 18.9 Å². The number of benzene rings is 2. The van der Waals surface area contributed by atoms with Crippen molar-refractivity contribution in [2.45, 2.75) is 0 Å². The van der Waals surface area contributed by atoms with E-state index in [0.29, 0.717) is 42.6 Å². The largest absolute Gasteiger partial charge is 0.378 e. The fourth-order valence-electron chi connectivity index (χ4n) is 2.59. The van der Waals surface area contributed by atoms with Gasteiger partial charge in [0.2, 0.25) is 0 Å². The normalized spacial score (nSPS) is 15.0. The highest BCUT2D eigenvalue weighted by Gasteiger charge is 2.16. The number of anilines is 1. The molecule has 0 atom stereocenters. The maximum absolute atomic E-state index is 14.3. The van der Waals surface area contributed by atoms with Gasteiger partial charge in [-0.2, -0.15) is 0 Å². The monoisotopic (exact) mass is 345 g/mol. The van der Waals surface area contributed by atoms with E-state index in [1.54, 1.807) is 24.3 Å². The first-order valence-corrected chi connectivity index (χ1v) is 8.12. The van der Waals surface area contributed by atoms with Gasteiger partial charge in [0.1, 0.15) is 5.82 Å². The molecule has 3 nitrogen and oxygen atoms in total. The third-order valence-corrected chi connectivity index (χ3v) is 4.25. The molecule has 124 valence electrons. The van der Waals surface area contributed by atoms with E-state index in [-0.39, 0.29) is 5.78 Å². The van der Waals surface area contributed by atoms with Gasteiger partial charge in [-0.15, -0.1) is 0 Å². The second-order valence-corrected chi connectivity index (χ2v) is 5.89.